The summed E-state index contributed by atoms with van der Waals surface area (Å²) in [6.45, 7) is 3.79. The minimum Gasteiger partial charge on any atom is -0.324 e. The number of amides is 1. The van der Waals surface area contributed by atoms with Crippen molar-refractivity contribution >= 4 is 44.8 Å². The van der Waals surface area contributed by atoms with Crippen molar-refractivity contribution in [3.05, 3.63) is 93.5 Å². The molecule has 0 saturated carbocycles. The Morgan fingerprint density at radius 2 is 1.68 bits per heavy atom. The highest BCUT2D eigenvalue weighted by Crippen LogP contribution is 2.25. The molecule has 0 aliphatic carbocycles. The van der Waals surface area contributed by atoms with Gasteiger partial charge in [0.2, 0.25) is 15.9 Å². The summed E-state index contributed by atoms with van der Waals surface area (Å²) in [4.78, 5) is 13.0. The molecule has 0 heterocycles. The van der Waals surface area contributed by atoms with Crippen LogP contribution >= 0.6 is 23.2 Å². The second-order valence-electron chi connectivity index (χ2n) is 7.25. The van der Waals surface area contributed by atoms with Gasteiger partial charge in [-0.05, 0) is 61.2 Å². The highest BCUT2D eigenvalue weighted by Gasteiger charge is 2.28. The highest BCUT2D eigenvalue weighted by molar-refractivity contribution is 7.89. The van der Waals surface area contributed by atoms with Crippen molar-refractivity contribution in [3.8, 4) is 0 Å². The number of carbonyl (C=O) groups excluding carboxylic acids is 1. The Morgan fingerprint density at radius 1 is 0.968 bits per heavy atom. The Kier molecular flexibility index (Phi) is 7.38. The molecule has 2 N–H and O–H groups in total. The van der Waals surface area contributed by atoms with E-state index in [0.717, 1.165) is 16.7 Å². The molecule has 162 valence electrons. The zero-order valence-electron chi connectivity index (χ0n) is 17.0. The Labute approximate surface area is 192 Å². The van der Waals surface area contributed by atoms with Gasteiger partial charge in [-0.25, -0.2) is 8.42 Å². The van der Waals surface area contributed by atoms with E-state index in [1.54, 1.807) is 0 Å². The van der Waals surface area contributed by atoms with Gasteiger partial charge in [-0.2, -0.15) is 4.72 Å². The van der Waals surface area contributed by atoms with Crippen molar-refractivity contribution in [2.45, 2.75) is 31.2 Å². The Bertz CT molecular complexity index is 1200. The van der Waals surface area contributed by atoms with E-state index in [-0.39, 0.29) is 21.4 Å². The van der Waals surface area contributed by atoms with Gasteiger partial charge >= 0.3 is 0 Å². The Morgan fingerprint density at radius 3 is 2.39 bits per heavy atom. The van der Waals surface area contributed by atoms with Gasteiger partial charge in [0.05, 0.1) is 5.02 Å². The number of nitrogens with one attached hydrogen (secondary N) is 2. The molecule has 3 rings (SSSR count). The van der Waals surface area contributed by atoms with Crippen LogP contribution in [0.2, 0.25) is 10.0 Å². The molecule has 0 aliphatic heterocycles. The van der Waals surface area contributed by atoms with Crippen LogP contribution in [-0.2, 0) is 21.2 Å². The van der Waals surface area contributed by atoms with Gasteiger partial charge in [0, 0.05) is 10.7 Å². The van der Waals surface area contributed by atoms with E-state index in [4.69, 9.17) is 23.2 Å². The van der Waals surface area contributed by atoms with E-state index in [1.807, 2.05) is 62.4 Å². The summed E-state index contributed by atoms with van der Waals surface area (Å²) in [7, 11) is -4.12. The number of halogens is 2. The first kappa shape index (κ1) is 23.3. The second kappa shape index (κ2) is 9.83. The van der Waals surface area contributed by atoms with Crippen LogP contribution in [0.15, 0.2) is 71.6 Å². The molecule has 0 fully saturated rings. The number of carbonyl (C=O) groups is 1. The van der Waals surface area contributed by atoms with Crippen molar-refractivity contribution in [3.63, 3.8) is 0 Å². The van der Waals surface area contributed by atoms with Crippen LogP contribution in [0.25, 0.3) is 0 Å². The maximum Gasteiger partial charge on any atom is 0.242 e. The number of anilines is 1. The van der Waals surface area contributed by atoms with Gasteiger partial charge < -0.3 is 5.32 Å². The number of rotatable bonds is 7. The highest BCUT2D eigenvalue weighted by atomic mass is 35.5. The number of benzene rings is 3. The van der Waals surface area contributed by atoms with Gasteiger partial charge in [0.1, 0.15) is 10.9 Å². The number of hydrogen-bond acceptors (Lipinski definition) is 3. The lowest BCUT2D eigenvalue weighted by atomic mass is 10.1. The van der Waals surface area contributed by atoms with Crippen LogP contribution in [0.4, 0.5) is 5.69 Å². The summed E-state index contributed by atoms with van der Waals surface area (Å²) in [6.07, 6.45) is 0.162. The van der Waals surface area contributed by atoms with E-state index in [2.05, 4.69) is 10.0 Å². The minimum absolute atomic E-state index is 0.0188. The van der Waals surface area contributed by atoms with Crippen molar-refractivity contribution in [2.75, 3.05) is 5.32 Å². The van der Waals surface area contributed by atoms with Gasteiger partial charge in [-0.3, -0.25) is 4.79 Å². The molecule has 5 nitrogen and oxygen atoms in total. The third-order valence-corrected chi connectivity index (χ3v) is 6.92. The molecule has 1 amide bonds. The molecule has 3 aromatic carbocycles. The summed E-state index contributed by atoms with van der Waals surface area (Å²) >= 11 is 12.1. The quantitative estimate of drug-likeness (QED) is 0.495. The summed E-state index contributed by atoms with van der Waals surface area (Å²) in [5, 5.41) is 3.09. The monoisotopic (exact) mass is 476 g/mol. The molecule has 3 aromatic rings. The standard InChI is InChI=1S/C23H22Cl2N2O3S/c1-15-8-9-16(2)20(12-15)26-23(28)21(13-17-6-4-3-5-7-17)27-31(29,30)22-14-18(24)10-11-19(22)25/h3-12,14,21,27H,13H2,1-2H3,(H,26,28)/t21-/m1/s1. The third-order valence-electron chi connectivity index (χ3n) is 4.73. The van der Waals surface area contributed by atoms with Crippen molar-refractivity contribution in [1.82, 2.24) is 4.72 Å². The lowest BCUT2D eigenvalue weighted by molar-refractivity contribution is -0.117. The second-order valence-corrected chi connectivity index (χ2v) is 9.77. The van der Waals surface area contributed by atoms with E-state index in [9.17, 15) is 13.2 Å². The summed E-state index contributed by atoms with van der Waals surface area (Å²) in [6, 6.07) is 17.9. The average molecular weight is 477 g/mol. The Balaban J connectivity index is 1.93. The lowest BCUT2D eigenvalue weighted by Gasteiger charge is -2.20. The van der Waals surface area contributed by atoms with Crippen LogP contribution in [0.1, 0.15) is 16.7 Å². The van der Waals surface area contributed by atoms with Crippen LogP contribution in [0.3, 0.4) is 0 Å². The van der Waals surface area contributed by atoms with E-state index in [0.29, 0.717) is 5.69 Å². The molecule has 0 unspecified atom stereocenters. The number of aryl methyl sites for hydroxylation is 2. The van der Waals surface area contributed by atoms with E-state index in [1.165, 1.54) is 18.2 Å². The van der Waals surface area contributed by atoms with E-state index >= 15 is 0 Å². The molecule has 31 heavy (non-hydrogen) atoms. The van der Waals surface area contributed by atoms with Gasteiger partial charge in [-0.1, -0.05) is 65.7 Å². The first-order valence-corrected chi connectivity index (χ1v) is 11.8. The van der Waals surface area contributed by atoms with Crippen molar-refractivity contribution in [2.24, 2.45) is 0 Å². The molecular formula is C23H22Cl2N2O3S. The smallest absolute Gasteiger partial charge is 0.242 e. The molecular weight excluding hydrogens is 455 g/mol. The molecule has 0 spiro atoms. The Hall–Kier alpha value is -2.38. The van der Waals surface area contributed by atoms with Gasteiger partial charge in [-0.15, -0.1) is 0 Å². The molecule has 0 aromatic heterocycles. The molecule has 8 heteroatoms. The van der Waals surface area contributed by atoms with E-state index < -0.39 is 22.0 Å². The predicted molar refractivity (Wildman–Crippen MR) is 125 cm³/mol. The zero-order valence-corrected chi connectivity index (χ0v) is 19.4. The fourth-order valence-electron chi connectivity index (χ4n) is 3.06. The number of sulfonamides is 1. The maximum atomic E-state index is 13.1. The van der Waals surface area contributed by atoms with Crippen LogP contribution in [0.5, 0.6) is 0 Å². The maximum absolute atomic E-state index is 13.1. The largest absolute Gasteiger partial charge is 0.324 e. The first-order chi connectivity index (χ1) is 14.7. The molecule has 0 saturated heterocycles. The number of hydrogen-bond donors (Lipinski definition) is 2. The minimum atomic E-state index is -4.12. The molecule has 1 atom stereocenters. The summed E-state index contributed by atoms with van der Waals surface area (Å²) < 4.78 is 28.6. The summed E-state index contributed by atoms with van der Waals surface area (Å²) in [5.74, 6) is -0.473. The van der Waals surface area contributed by atoms with Crippen molar-refractivity contribution < 1.29 is 13.2 Å². The molecule has 0 bridgehead atoms. The third kappa shape index (κ3) is 6.08. The molecule has 0 aliphatic rings. The zero-order chi connectivity index (χ0) is 22.6. The fraction of sp³-hybridized carbons (Fsp3) is 0.174. The SMILES string of the molecule is Cc1ccc(C)c(NC(=O)[C@@H](Cc2ccccc2)NS(=O)(=O)c2cc(Cl)ccc2Cl)c1. The van der Waals surface area contributed by atoms with Crippen molar-refractivity contribution in [1.29, 1.82) is 0 Å². The fourth-order valence-corrected chi connectivity index (χ4v) is 5.02. The van der Waals surface area contributed by atoms with Gasteiger partial charge in [0.25, 0.3) is 0 Å². The van der Waals surface area contributed by atoms with Crippen LogP contribution in [0, 0.1) is 13.8 Å². The summed E-state index contributed by atoms with van der Waals surface area (Å²) in [5.41, 5.74) is 3.29. The predicted octanol–water partition coefficient (Wildman–Crippen LogP) is 5.14. The average Bonchev–Trinajstić information content (AvgIpc) is 2.72. The topological polar surface area (TPSA) is 75.3 Å². The van der Waals surface area contributed by atoms with Gasteiger partial charge in [0.15, 0.2) is 0 Å². The normalized spacial score (nSPS) is 12.4. The van der Waals surface area contributed by atoms with Crippen LogP contribution < -0.4 is 10.0 Å². The first-order valence-electron chi connectivity index (χ1n) is 9.55. The van der Waals surface area contributed by atoms with Crippen LogP contribution in [-0.4, -0.2) is 20.4 Å². The molecule has 0 radical (unpaired) electrons. The lowest BCUT2D eigenvalue weighted by Crippen LogP contribution is -2.45.